The third kappa shape index (κ3) is 6.23. The highest BCUT2D eigenvalue weighted by atomic mass is 19.4. The van der Waals surface area contributed by atoms with Gasteiger partial charge in [0.15, 0.2) is 5.69 Å². The predicted molar refractivity (Wildman–Crippen MR) is 144 cm³/mol. The Morgan fingerprint density at radius 2 is 1.68 bits per heavy atom. The van der Waals surface area contributed by atoms with E-state index in [-0.39, 0.29) is 23.7 Å². The number of aromatic nitrogens is 2. The molecule has 41 heavy (non-hydrogen) atoms. The van der Waals surface area contributed by atoms with E-state index in [4.69, 9.17) is 4.74 Å². The van der Waals surface area contributed by atoms with Gasteiger partial charge in [-0.15, -0.1) is 0 Å². The Morgan fingerprint density at radius 1 is 1.02 bits per heavy atom. The Kier molecular flexibility index (Phi) is 8.32. The van der Waals surface area contributed by atoms with Crippen molar-refractivity contribution in [3.05, 3.63) is 76.9 Å². The molecule has 1 heterocycles. The third-order valence-corrected chi connectivity index (χ3v) is 7.82. The molecular formula is C30H32F4N4O3. The van der Waals surface area contributed by atoms with Crippen LogP contribution in [0.5, 0.6) is 5.75 Å². The highest BCUT2D eigenvalue weighted by Crippen LogP contribution is 2.36. The normalized spacial score (nSPS) is 16.2. The van der Waals surface area contributed by atoms with Crippen LogP contribution >= 0.6 is 0 Å². The Hall–Kier alpha value is -3.89. The summed E-state index contributed by atoms with van der Waals surface area (Å²) in [4.78, 5) is 29.2. The van der Waals surface area contributed by atoms with E-state index in [2.05, 4.69) is 10.4 Å². The van der Waals surface area contributed by atoms with E-state index in [0.29, 0.717) is 36.3 Å². The average Bonchev–Trinajstić information content (AvgIpc) is 3.60. The predicted octanol–water partition coefficient (Wildman–Crippen LogP) is 5.76. The van der Waals surface area contributed by atoms with E-state index in [1.165, 1.54) is 36.3 Å². The molecule has 1 atom stereocenters. The monoisotopic (exact) mass is 572 g/mol. The van der Waals surface area contributed by atoms with Gasteiger partial charge in [0.1, 0.15) is 24.2 Å². The number of fused-ring (bicyclic) bond motifs is 1. The molecule has 2 aliphatic carbocycles. The highest BCUT2D eigenvalue weighted by molar-refractivity contribution is 6.01. The molecular weight excluding hydrogens is 540 g/mol. The number of anilines is 1. The van der Waals surface area contributed by atoms with Gasteiger partial charge in [0.2, 0.25) is 11.8 Å². The molecule has 1 aromatic heterocycles. The van der Waals surface area contributed by atoms with Crippen LogP contribution in [0.25, 0.3) is 0 Å². The summed E-state index contributed by atoms with van der Waals surface area (Å²) >= 11 is 0. The zero-order chi connectivity index (χ0) is 29.1. The number of nitrogens with zero attached hydrogens (tertiary/aromatic N) is 3. The Morgan fingerprint density at radius 3 is 2.32 bits per heavy atom. The summed E-state index contributed by atoms with van der Waals surface area (Å²) in [7, 11) is 1.51. The molecule has 0 radical (unpaired) electrons. The van der Waals surface area contributed by atoms with Gasteiger partial charge >= 0.3 is 6.18 Å². The van der Waals surface area contributed by atoms with Crippen LogP contribution in [0.1, 0.15) is 67.1 Å². The number of benzene rings is 2. The maximum atomic E-state index is 14.1. The van der Waals surface area contributed by atoms with E-state index >= 15 is 0 Å². The molecule has 1 fully saturated rings. The molecule has 0 saturated heterocycles. The van der Waals surface area contributed by atoms with E-state index in [1.54, 1.807) is 24.3 Å². The van der Waals surface area contributed by atoms with Crippen LogP contribution in [0.4, 0.5) is 23.2 Å². The van der Waals surface area contributed by atoms with Crippen LogP contribution in [-0.2, 0) is 35.2 Å². The van der Waals surface area contributed by atoms with Crippen molar-refractivity contribution in [1.82, 2.24) is 15.1 Å². The van der Waals surface area contributed by atoms with Crippen LogP contribution in [0, 0.1) is 5.82 Å². The molecule has 1 saturated carbocycles. The summed E-state index contributed by atoms with van der Waals surface area (Å²) in [6.45, 7) is -0.515. The van der Waals surface area contributed by atoms with Crippen molar-refractivity contribution in [2.24, 2.45) is 0 Å². The molecule has 11 heteroatoms. The molecule has 0 bridgehead atoms. The zero-order valence-corrected chi connectivity index (χ0v) is 22.7. The molecule has 2 aromatic carbocycles. The Bertz CT molecular complexity index is 1380. The van der Waals surface area contributed by atoms with Crippen molar-refractivity contribution in [1.29, 1.82) is 0 Å². The smallest absolute Gasteiger partial charge is 0.435 e. The fraction of sp³-hybridized carbons (Fsp3) is 0.433. The SMILES string of the molecule is COc1ccc([C@@H](C(=O)NC2CCCC2)N(C(=O)Cn2nc(C(F)(F)F)c3c2CCCC3)c2ccc(F)cc2)cc1. The molecule has 2 amide bonds. The fourth-order valence-corrected chi connectivity index (χ4v) is 5.83. The van der Waals surface area contributed by atoms with Crippen molar-refractivity contribution in [2.45, 2.75) is 76.2 Å². The van der Waals surface area contributed by atoms with Gasteiger partial charge in [0.25, 0.3) is 0 Å². The molecule has 7 nitrogen and oxygen atoms in total. The summed E-state index contributed by atoms with van der Waals surface area (Å²) in [5, 5.41) is 6.89. The number of ether oxygens (including phenoxy) is 1. The number of alkyl halides is 3. The number of hydrogen-bond acceptors (Lipinski definition) is 4. The van der Waals surface area contributed by atoms with E-state index in [9.17, 15) is 27.2 Å². The molecule has 5 rings (SSSR count). The molecule has 218 valence electrons. The van der Waals surface area contributed by atoms with Gasteiger partial charge in [0, 0.05) is 23.0 Å². The minimum atomic E-state index is -4.65. The number of halogens is 4. The first-order valence-corrected chi connectivity index (χ1v) is 13.8. The minimum absolute atomic E-state index is 0.0547. The quantitative estimate of drug-likeness (QED) is 0.348. The second-order valence-corrected chi connectivity index (χ2v) is 10.5. The van der Waals surface area contributed by atoms with Crippen molar-refractivity contribution in [3.8, 4) is 5.75 Å². The van der Waals surface area contributed by atoms with Crippen LogP contribution in [0.15, 0.2) is 48.5 Å². The lowest BCUT2D eigenvalue weighted by Crippen LogP contribution is -2.47. The zero-order valence-electron chi connectivity index (χ0n) is 22.7. The number of carbonyl (C=O) groups excluding carboxylic acids is 2. The van der Waals surface area contributed by atoms with Crippen LogP contribution < -0.4 is 15.0 Å². The van der Waals surface area contributed by atoms with Crippen LogP contribution in [0.2, 0.25) is 0 Å². The summed E-state index contributed by atoms with van der Waals surface area (Å²) < 4.78 is 61.8. The van der Waals surface area contributed by atoms with Gasteiger partial charge in [-0.2, -0.15) is 18.3 Å². The molecule has 0 aliphatic heterocycles. The van der Waals surface area contributed by atoms with Crippen molar-refractivity contribution in [3.63, 3.8) is 0 Å². The van der Waals surface area contributed by atoms with Gasteiger partial charge in [-0.3, -0.25) is 19.2 Å². The van der Waals surface area contributed by atoms with Crippen molar-refractivity contribution < 1.29 is 31.9 Å². The number of methoxy groups -OCH3 is 1. The fourth-order valence-electron chi connectivity index (χ4n) is 5.83. The topological polar surface area (TPSA) is 76.5 Å². The minimum Gasteiger partial charge on any atom is -0.497 e. The molecule has 3 aromatic rings. The summed E-state index contributed by atoms with van der Waals surface area (Å²) in [5.74, 6) is -1.07. The van der Waals surface area contributed by atoms with Crippen LogP contribution in [-0.4, -0.2) is 34.7 Å². The largest absolute Gasteiger partial charge is 0.497 e. The van der Waals surface area contributed by atoms with E-state index in [1.807, 2.05) is 0 Å². The van der Waals surface area contributed by atoms with Gasteiger partial charge in [-0.05, 0) is 80.5 Å². The second kappa shape index (κ2) is 11.9. The van der Waals surface area contributed by atoms with Gasteiger partial charge in [-0.25, -0.2) is 4.39 Å². The lowest BCUT2D eigenvalue weighted by atomic mass is 9.95. The van der Waals surface area contributed by atoms with Gasteiger partial charge < -0.3 is 10.1 Å². The van der Waals surface area contributed by atoms with Gasteiger partial charge in [-0.1, -0.05) is 25.0 Å². The number of amides is 2. The standard InChI is InChI=1S/C30H32F4N4O3/c1-41-23-16-10-19(11-17-23)27(29(40)35-21-6-2-3-7-21)38(22-14-12-20(31)13-15-22)26(39)18-37-25-9-5-4-8-24(25)28(36-37)30(32,33)34/h10-17,21,27H,2-9,18H2,1H3,(H,35,40)/t27-/m0/s1. The summed E-state index contributed by atoms with van der Waals surface area (Å²) in [6, 6.07) is 10.5. The van der Waals surface area contributed by atoms with Crippen LogP contribution in [0.3, 0.4) is 0 Å². The first-order chi connectivity index (χ1) is 19.7. The van der Waals surface area contributed by atoms with Gasteiger partial charge in [0.05, 0.1) is 7.11 Å². The molecule has 0 spiro atoms. The van der Waals surface area contributed by atoms with E-state index < -0.39 is 42.1 Å². The van der Waals surface area contributed by atoms with Crippen molar-refractivity contribution in [2.75, 3.05) is 12.0 Å². The first kappa shape index (κ1) is 28.6. The molecule has 0 unspecified atom stereocenters. The Labute approximate surface area is 235 Å². The lowest BCUT2D eigenvalue weighted by molar-refractivity contribution is -0.142. The van der Waals surface area contributed by atoms with Crippen molar-refractivity contribution >= 4 is 17.5 Å². The molecule has 1 N–H and O–H groups in total. The summed E-state index contributed by atoms with van der Waals surface area (Å²) in [6.07, 6.45) is 0.818. The highest BCUT2D eigenvalue weighted by Gasteiger charge is 2.41. The third-order valence-electron chi connectivity index (χ3n) is 7.82. The number of carbonyl (C=O) groups is 2. The Balaban J connectivity index is 1.57. The average molecular weight is 573 g/mol. The number of nitrogens with one attached hydrogen (secondary N) is 1. The first-order valence-electron chi connectivity index (χ1n) is 13.8. The lowest BCUT2D eigenvalue weighted by Gasteiger charge is -2.32. The van der Waals surface area contributed by atoms with E-state index in [0.717, 1.165) is 30.4 Å². The summed E-state index contributed by atoms with van der Waals surface area (Å²) in [5.41, 5.74) is 0.232. The molecule has 2 aliphatic rings. The number of rotatable bonds is 8. The second-order valence-electron chi connectivity index (χ2n) is 10.5. The maximum absolute atomic E-state index is 14.1. The number of hydrogen-bond donors (Lipinski definition) is 1. The maximum Gasteiger partial charge on any atom is 0.435 e.